The van der Waals surface area contributed by atoms with E-state index in [1.807, 2.05) is 13.0 Å². The molecular formula is C14H17ClOS. The zero-order valence-electron chi connectivity index (χ0n) is 10.6. The van der Waals surface area contributed by atoms with E-state index < -0.39 is 0 Å². The molecule has 0 aliphatic rings. The first-order valence-electron chi connectivity index (χ1n) is 5.68. The Balaban J connectivity index is 2.30. The molecule has 1 unspecified atom stereocenters. The molecule has 0 saturated carbocycles. The topological polar surface area (TPSA) is 13.1 Å². The van der Waals surface area contributed by atoms with Gasteiger partial charge in [0.25, 0.3) is 0 Å². The first-order valence-corrected chi connectivity index (χ1v) is 6.93. The van der Waals surface area contributed by atoms with Gasteiger partial charge in [-0.3, -0.25) is 0 Å². The summed E-state index contributed by atoms with van der Waals surface area (Å²) in [5.41, 5.74) is 1.29. The van der Waals surface area contributed by atoms with E-state index in [0.29, 0.717) is 0 Å². The monoisotopic (exact) mass is 268 g/mol. The lowest BCUT2D eigenvalue weighted by molar-refractivity contribution is 0.515. The highest BCUT2D eigenvalue weighted by Gasteiger charge is 2.22. The van der Waals surface area contributed by atoms with Crippen LogP contribution >= 0.6 is 22.9 Å². The number of rotatable bonds is 2. The minimum Gasteiger partial charge on any atom is -0.467 e. The molecule has 0 N–H and O–H groups in total. The van der Waals surface area contributed by atoms with E-state index in [1.165, 1.54) is 4.88 Å². The Kier molecular flexibility index (Phi) is 3.37. The lowest BCUT2D eigenvalue weighted by atomic mass is 9.95. The number of furan rings is 1. The van der Waals surface area contributed by atoms with Crippen LogP contribution < -0.4 is 0 Å². The molecule has 3 heteroatoms. The molecule has 2 aromatic heterocycles. The molecule has 0 aliphatic heterocycles. The summed E-state index contributed by atoms with van der Waals surface area (Å²) in [6.07, 6.45) is 1.69. The van der Waals surface area contributed by atoms with E-state index in [0.717, 1.165) is 16.2 Å². The number of aryl methyl sites for hydroxylation is 1. The van der Waals surface area contributed by atoms with Crippen molar-refractivity contribution in [3.8, 4) is 0 Å². The fraction of sp³-hybridized carbons (Fsp3) is 0.429. The fourth-order valence-electron chi connectivity index (χ4n) is 1.67. The normalized spacial score (nSPS) is 13.9. The zero-order valence-corrected chi connectivity index (χ0v) is 12.2. The van der Waals surface area contributed by atoms with Gasteiger partial charge in [0.2, 0.25) is 0 Å². The number of halogens is 1. The van der Waals surface area contributed by atoms with Crippen LogP contribution in [0.3, 0.4) is 0 Å². The Morgan fingerprint density at radius 3 is 2.41 bits per heavy atom. The summed E-state index contributed by atoms with van der Waals surface area (Å²) in [4.78, 5) is 2.50. The van der Waals surface area contributed by atoms with Gasteiger partial charge in [0.15, 0.2) is 0 Å². The second-order valence-corrected chi connectivity index (χ2v) is 6.83. The molecule has 0 fully saturated rings. The molecule has 17 heavy (non-hydrogen) atoms. The van der Waals surface area contributed by atoms with Gasteiger partial charge in [-0.2, -0.15) is 0 Å². The van der Waals surface area contributed by atoms with Crippen LogP contribution in [-0.2, 0) is 5.41 Å². The highest BCUT2D eigenvalue weighted by molar-refractivity contribution is 7.12. The van der Waals surface area contributed by atoms with Crippen LogP contribution in [0.1, 0.15) is 47.2 Å². The third-order valence-electron chi connectivity index (χ3n) is 2.75. The van der Waals surface area contributed by atoms with Gasteiger partial charge in [-0.15, -0.1) is 22.9 Å². The van der Waals surface area contributed by atoms with Crippen molar-refractivity contribution in [2.45, 2.75) is 38.5 Å². The molecule has 0 saturated heterocycles. The van der Waals surface area contributed by atoms with Gasteiger partial charge in [-0.25, -0.2) is 0 Å². The summed E-state index contributed by atoms with van der Waals surface area (Å²) in [5.74, 6) is 0.856. The molecule has 2 heterocycles. The van der Waals surface area contributed by atoms with Crippen molar-refractivity contribution < 1.29 is 4.42 Å². The second-order valence-electron chi connectivity index (χ2n) is 5.28. The molecule has 92 valence electrons. The summed E-state index contributed by atoms with van der Waals surface area (Å²) in [5, 5.41) is -0.175. The van der Waals surface area contributed by atoms with Gasteiger partial charge < -0.3 is 4.42 Å². The van der Waals surface area contributed by atoms with Crippen molar-refractivity contribution >= 4 is 22.9 Å². The van der Waals surface area contributed by atoms with Crippen LogP contribution in [-0.4, -0.2) is 0 Å². The third-order valence-corrected chi connectivity index (χ3v) is 4.89. The van der Waals surface area contributed by atoms with E-state index in [2.05, 4.69) is 32.9 Å². The number of alkyl halides is 1. The van der Waals surface area contributed by atoms with Gasteiger partial charge >= 0.3 is 0 Å². The average molecular weight is 269 g/mol. The molecule has 0 radical (unpaired) electrons. The van der Waals surface area contributed by atoms with Gasteiger partial charge in [-0.05, 0) is 36.1 Å². The third kappa shape index (κ3) is 2.58. The maximum atomic E-state index is 6.46. The van der Waals surface area contributed by atoms with Crippen molar-refractivity contribution in [1.82, 2.24) is 0 Å². The average Bonchev–Trinajstić information content (AvgIpc) is 2.83. The van der Waals surface area contributed by atoms with Crippen LogP contribution in [0.2, 0.25) is 0 Å². The Labute approximate surface area is 111 Å². The maximum Gasteiger partial charge on any atom is 0.129 e. The largest absolute Gasteiger partial charge is 0.467 e. The number of hydrogen-bond acceptors (Lipinski definition) is 2. The van der Waals surface area contributed by atoms with E-state index >= 15 is 0 Å². The van der Waals surface area contributed by atoms with Crippen LogP contribution in [0.25, 0.3) is 0 Å². The zero-order chi connectivity index (χ0) is 12.6. The van der Waals surface area contributed by atoms with Crippen LogP contribution in [0.5, 0.6) is 0 Å². The number of thiophene rings is 1. The lowest BCUT2D eigenvalue weighted by Crippen LogP contribution is -2.07. The van der Waals surface area contributed by atoms with Crippen LogP contribution in [0, 0.1) is 6.92 Å². The van der Waals surface area contributed by atoms with Crippen molar-refractivity contribution in [3.05, 3.63) is 45.5 Å². The molecule has 0 amide bonds. The van der Waals surface area contributed by atoms with E-state index in [-0.39, 0.29) is 10.8 Å². The molecule has 0 bridgehead atoms. The predicted octanol–water partition coefficient (Wildman–Crippen LogP) is 5.28. The molecule has 0 aromatic carbocycles. The van der Waals surface area contributed by atoms with E-state index in [9.17, 15) is 0 Å². The summed E-state index contributed by atoms with van der Waals surface area (Å²) >= 11 is 8.22. The Morgan fingerprint density at radius 1 is 1.24 bits per heavy atom. The summed E-state index contributed by atoms with van der Waals surface area (Å²) in [7, 11) is 0. The maximum absolute atomic E-state index is 6.46. The Morgan fingerprint density at radius 2 is 1.94 bits per heavy atom. The standard InChI is InChI=1S/C14H17ClOS/c1-9-7-8-16-13(9)12(15)10-5-6-11(17-10)14(2,3)4/h5-8,12H,1-4H3. The van der Waals surface area contributed by atoms with E-state index in [1.54, 1.807) is 17.6 Å². The fourth-order valence-corrected chi connectivity index (χ4v) is 3.14. The van der Waals surface area contributed by atoms with Crippen molar-refractivity contribution in [2.24, 2.45) is 0 Å². The molecule has 0 spiro atoms. The van der Waals surface area contributed by atoms with Crippen LogP contribution in [0.4, 0.5) is 0 Å². The van der Waals surface area contributed by atoms with Gasteiger partial charge in [-0.1, -0.05) is 20.8 Å². The van der Waals surface area contributed by atoms with Crippen molar-refractivity contribution in [3.63, 3.8) is 0 Å². The molecule has 1 nitrogen and oxygen atoms in total. The first-order chi connectivity index (χ1) is 7.89. The van der Waals surface area contributed by atoms with E-state index in [4.69, 9.17) is 16.0 Å². The summed E-state index contributed by atoms with van der Waals surface area (Å²) < 4.78 is 5.45. The second kappa shape index (κ2) is 4.51. The minimum absolute atomic E-state index is 0.175. The molecular weight excluding hydrogens is 252 g/mol. The van der Waals surface area contributed by atoms with Gasteiger partial charge in [0.05, 0.1) is 6.26 Å². The summed E-state index contributed by atoms with van der Waals surface area (Å²) in [6, 6.07) is 6.21. The Hall–Kier alpha value is -0.730. The Bertz CT molecular complexity index is 504. The number of hydrogen-bond donors (Lipinski definition) is 0. The van der Waals surface area contributed by atoms with Gasteiger partial charge in [0.1, 0.15) is 11.1 Å². The van der Waals surface area contributed by atoms with Crippen LogP contribution in [0.15, 0.2) is 28.9 Å². The lowest BCUT2D eigenvalue weighted by Gasteiger charge is -2.15. The molecule has 2 aromatic rings. The van der Waals surface area contributed by atoms with Gasteiger partial charge in [0, 0.05) is 9.75 Å². The molecule has 1 atom stereocenters. The smallest absolute Gasteiger partial charge is 0.129 e. The predicted molar refractivity (Wildman–Crippen MR) is 74.2 cm³/mol. The quantitative estimate of drug-likeness (QED) is 0.676. The highest BCUT2D eigenvalue weighted by atomic mass is 35.5. The minimum atomic E-state index is -0.175. The molecule has 0 aliphatic carbocycles. The van der Waals surface area contributed by atoms with Crippen molar-refractivity contribution in [1.29, 1.82) is 0 Å². The highest BCUT2D eigenvalue weighted by Crippen LogP contribution is 2.38. The first kappa shape index (κ1) is 12.7. The van der Waals surface area contributed by atoms with Crippen molar-refractivity contribution in [2.75, 3.05) is 0 Å². The molecule has 2 rings (SSSR count). The SMILES string of the molecule is Cc1ccoc1C(Cl)c1ccc(C(C)(C)C)s1. The summed E-state index contributed by atoms with van der Waals surface area (Å²) in [6.45, 7) is 8.66.